The van der Waals surface area contributed by atoms with E-state index in [-0.39, 0.29) is 6.10 Å². The van der Waals surface area contributed by atoms with E-state index in [1.54, 1.807) is 0 Å². The minimum absolute atomic E-state index is 0.228. The van der Waals surface area contributed by atoms with E-state index in [0.717, 1.165) is 56.7 Å². The molecule has 0 radical (unpaired) electrons. The molecule has 0 bridgehead atoms. The van der Waals surface area contributed by atoms with Gasteiger partial charge in [0.05, 0.1) is 26.3 Å². The van der Waals surface area contributed by atoms with Gasteiger partial charge in [0, 0.05) is 35.8 Å². The smallest absolute Gasteiger partial charge is 0.133 e. The quantitative estimate of drug-likeness (QED) is 0.805. The molecule has 5 rings (SSSR count). The molecule has 3 fully saturated rings. The molecule has 1 spiro atoms. The van der Waals surface area contributed by atoms with Crippen LogP contribution in [0, 0.1) is 5.41 Å². The number of benzene rings is 2. The minimum Gasteiger partial charge on any atom is -0.487 e. The van der Waals surface area contributed by atoms with E-state index in [1.807, 2.05) is 12.1 Å². The van der Waals surface area contributed by atoms with Crippen molar-refractivity contribution in [2.24, 2.45) is 5.41 Å². The third-order valence-electron chi connectivity index (χ3n) is 5.63. The fraction of sp³-hybridized carbons (Fsp3) is 0.429. The van der Waals surface area contributed by atoms with Gasteiger partial charge in [-0.1, -0.05) is 35.9 Å². The van der Waals surface area contributed by atoms with Crippen molar-refractivity contribution in [3.63, 3.8) is 0 Å². The molecule has 136 valence electrons. The number of likely N-dealkylation sites (tertiary alicyclic amines) is 1. The maximum absolute atomic E-state index is 6.50. The Morgan fingerprint density at radius 3 is 2.50 bits per heavy atom. The van der Waals surface area contributed by atoms with Crippen LogP contribution in [-0.2, 0) is 11.3 Å². The van der Waals surface area contributed by atoms with Crippen LogP contribution in [0.1, 0.15) is 5.56 Å². The second-order valence-corrected chi connectivity index (χ2v) is 8.28. The van der Waals surface area contributed by atoms with Crippen LogP contribution in [0.3, 0.4) is 0 Å². The SMILES string of the molecule is Clc1cc(OC2CN(c3ccccc3)C2)ccc1CN1CC2(COC2)C1. The number of para-hydroxylation sites is 1. The van der Waals surface area contributed by atoms with Gasteiger partial charge in [0.25, 0.3) is 0 Å². The van der Waals surface area contributed by atoms with Crippen molar-refractivity contribution in [1.29, 1.82) is 0 Å². The van der Waals surface area contributed by atoms with Crippen LogP contribution in [0.2, 0.25) is 5.02 Å². The Labute approximate surface area is 159 Å². The topological polar surface area (TPSA) is 24.9 Å². The van der Waals surface area contributed by atoms with E-state index >= 15 is 0 Å². The first-order chi connectivity index (χ1) is 12.7. The molecule has 0 atom stereocenters. The summed E-state index contributed by atoms with van der Waals surface area (Å²) in [5.41, 5.74) is 2.88. The molecule has 3 saturated heterocycles. The highest BCUT2D eigenvalue weighted by molar-refractivity contribution is 6.31. The Balaban J connectivity index is 1.14. The number of nitrogens with zero attached hydrogens (tertiary/aromatic N) is 2. The predicted octanol–water partition coefficient (Wildman–Crippen LogP) is 3.44. The largest absolute Gasteiger partial charge is 0.487 e. The lowest BCUT2D eigenvalue weighted by molar-refractivity contribution is -0.191. The lowest BCUT2D eigenvalue weighted by Gasteiger charge is -2.55. The first-order valence-corrected chi connectivity index (χ1v) is 9.62. The third-order valence-corrected chi connectivity index (χ3v) is 5.98. The summed E-state index contributed by atoms with van der Waals surface area (Å²) < 4.78 is 11.4. The Bertz CT molecular complexity index is 780. The first-order valence-electron chi connectivity index (χ1n) is 9.24. The van der Waals surface area contributed by atoms with Crippen molar-refractivity contribution in [2.45, 2.75) is 12.6 Å². The maximum Gasteiger partial charge on any atom is 0.133 e. The van der Waals surface area contributed by atoms with E-state index in [4.69, 9.17) is 21.1 Å². The zero-order chi connectivity index (χ0) is 17.6. The summed E-state index contributed by atoms with van der Waals surface area (Å²) in [5.74, 6) is 0.865. The molecule has 4 nitrogen and oxygen atoms in total. The summed E-state index contributed by atoms with van der Waals surface area (Å²) in [4.78, 5) is 4.76. The molecule has 0 unspecified atom stereocenters. The summed E-state index contributed by atoms with van der Waals surface area (Å²) >= 11 is 6.50. The van der Waals surface area contributed by atoms with E-state index in [9.17, 15) is 0 Å². The maximum atomic E-state index is 6.50. The molecule has 0 N–H and O–H groups in total. The summed E-state index contributed by atoms with van der Waals surface area (Å²) in [6, 6.07) is 16.6. The van der Waals surface area contributed by atoms with Crippen molar-refractivity contribution >= 4 is 17.3 Å². The second kappa shape index (κ2) is 6.45. The van der Waals surface area contributed by atoms with Gasteiger partial charge in [0.1, 0.15) is 11.9 Å². The van der Waals surface area contributed by atoms with Crippen LogP contribution >= 0.6 is 11.6 Å². The molecule has 0 aromatic heterocycles. The number of ether oxygens (including phenoxy) is 2. The normalized spacial score (nSPS) is 21.8. The van der Waals surface area contributed by atoms with Crippen LogP contribution in [-0.4, -0.2) is 50.4 Å². The van der Waals surface area contributed by atoms with Gasteiger partial charge >= 0.3 is 0 Å². The van der Waals surface area contributed by atoms with Gasteiger partial charge < -0.3 is 14.4 Å². The predicted molar refractivity (Wildman–Crippen MR) is 103 cm³/mol. The molecule has 3 aliphatic rings. The summed E-state index contributed by atoms with van der Waals surface area (Å²) in [6.45, 7) is 6.84. The first kappa shape index (κ1) is 16.4. The van der Waals surface area contributed by atoms with E-state index in [0.29, 0.717) is 5.41 Å². The fourth-order valence-corrected chi connectivity index (χ4v) is 4.34. The Hall–Kier alpha value is -1.75. The highest BCUT2D eigenvalue weighted by atomic mass is 35.5. The van der Waals surface area contributed by atoms with E-state index < -0.39 is 0 Å². The van der Waals surface area contributed by atoms with Crippen molar-refractivity contribution in [1.82, 2.24) is 4.90 Å². The molecular weight excluding hydrogens is 348 g/mol. The van der Waals surface area contributed by atoms with Crippen molar-refractivity contribution in [3.05, 3.63) is 59.1 Å². The Morgan fingerprint density at radius 2 is 1.85 bits per heavy atom. The molecular formula is C21H23ClN2O2. The zero-order valence-corrected chi connectivity index (χ0v) is 15.5. The average molecular weight is 371 g/mol. The second-order valence-electron chi connectivity index (χ2n) is 7.87. The molecule has 0 amide bonds. The summed E-state index contributed by atoms with van der Waals surface area (Å²) in [5, 5.41) is 0.799. The summed E-state index contributed by atoms with van der Waals surface area (Å²) in [6.07, 6.45) is 0.228. The monoisotopic (exact) mass is 370 g/mol. The highest BCUT2D eigenvalue weighted by Crippen LogP contribution is 2.39. The van der Waals surface area contributed by atoms with Gasteiger partial charge in [-0.3, -0.25) is 4.90 Å². The molecule has 3 heterocycles. The third kappa shape index (κ3) is 3.07. The number of rotatable bonds is 5. The van der Waals surface area contributed by atoms with Crippen LogP contribution < -0.4 is 9.64 Å². The van der Waals surface area contributed by atoms with Crippen molar-refractivity contribution in [3.8, 4) is 5.75 Å². The number of hydrogen-bond donors (Lipinski definition) is 0. The van der Waals surface area contributed by atoms with Gasteiger partial charge in [-0.15, -0.1) is 0 Å². The number of hydrogen-bond acceptors (Lipinski definition) is 4. The minimum atomic E-state index is 0.228. The van der Waals surface area contributed by atoms with Gasteiger partial charge in [-0.2, -0.15) is 0 Å². The highest BCUT2D eigenvalue weighted by Gasteiger charge is 2.48. The standard InChI is InChI=1S/C21H23ClN2O2/c22-20-8-18(26-19-10-24(11-19)17-4-2-1-3-5-17)7-6-16(20)9-23-12-21(13-23)14-25-15-21/h1-8,19H,9-15H2. The summed E-state index contributed by atoms with van der Waals surface area (Å²) in [7, 11) is 0. The Kier molecular flexibility index (Phi) is 4.07. The average Bonchev–Trinajstić information content (AvgIpc) is 2.54. The lowest BCUT2D eigenvalue weighted by Crippen LogP contribution is -2.65. The Morgan fingerprint density at radius 1 is 1.08 bits per heavy atom. The molecule has 0 aliphatic carbocycles. The van der Waals surface area contributed by atoms with Gasteiger partial charge in [0.2, 0.25) is 0 Å². The molecule has 5 heteroatoms. The zero-order valence-electron chi connectivity index (χ0n) is 14.7. The fourth-order valence-electron chi connectivity index (χ4n) is 4.11. The van der Waals surface area contributed by atoms with Crippen LogP contribution in [0.5, 0.6) is 5.75 Å². The molecule has 2 aromatic carbocycles. The molecule has 26 heavy (non-hydrogen) atoms. The van der Waals surface area contributed by atoms with Gasteiger partial charge in [0.15, 0.2) is 0 Å². The van der Waals surface area contributed by atoms with E-state index in [2.05, 4.69) is 46.2 Å². The van der Waals surface area contributed by atoms with Crippen LogP contribution in [0.25, 0.3) is 0 Å². The van der Waals surface area contributed by atoms with E-state index in [1.165, 1.54) is 11.3 Å². The molecule has 0 saturated carbocycles. The van der Waals surface area contributed by atoms with Crippen LogP contribution in [0.4, 0.5) is 5.69 Å². The molecule has 2 aromatic rings. The van der Waals surface area contributed by atoms with Crippen LogP contribution in [0.15, 0.2) is 48.5 Å². The van der Waals surface area contributed by atoms with Gasteiger partial charge in [-0.25, -0.2) is 0 Å². The molecule has 3 aliphatic heterocycles. The van der Waals surface area contributed by atoms with Gasteiger partial charge in [-0.05, 0) is 29.8 Å². The number of anilines is 1. The van der Waals surface area contributed by atoms with Crippen molar-refractivity contribution in [2.75, 3.05) is 44.3 Å². The number of halogens is 1. The van der Waals surface area contributed by atoms with Crippen molar-refractivity contribution < 1.29 is 9.47 Å². The lowest BCUT2D eigenvalue weighted by atomic mass is 9.78.